The average Bonchev–Trinajstić information content (AvgIpc) is 3.13. The first-order valence-corrected chi connectivity index (χ1v) is 8.66. The summed E-state index contributed by atoms with van der Waals surface area (Å²) in [4.78, 5) is 16.8. The van der Waals surface area contributed by atoms with Gasteiger partial charge in [0.25, 0.3) is 0 Å². The molecule has 0 atom stereocenters. The zero-order valence-electron chi connectivity index (χ0n) is 13.8. The summed E-state index contributed by atoms with van der Waals surface area (Å²) in [6.45, 7) is 0. The second-order valence-electron chi connectivity index (χ2n) is 5.37. The fourth-order valence-electron chi connectivity index (χ4n) is 2.36. The zero-order valence-corrected chi connectivity index (χ0v) is 14.6. The summed E-state index contributed by atoms with van der Waals surface area (Å²) < 4.78 is 16.1. The monoisotopic (exact) mass is 366 g/mol. The van der Waals surface area contributed by atoms with Crippen LogP contribution in [0.3, 0.4) is 0 Å². The summed E-state index contributed by atoms with van der Waals surface area (Å²) in [5.74, 6) is 2.17. The van der Waals surface area contributed by atoms with Crippen LogP contribution in [-0.4, -0.2) is 12.1 Å². The summed E-state index contributed by atoms with van der Waals surface area (Å²) in [5, 5.41) is 5.29. The van der Waals surface area contributed by atoms with Gasteiger partial charge < -0.3 is 19.2 Å². The van der Waals surface area contributed by atoms with Crippen molar-refractivity contribution in [2.45, 2.75) is 0 Å². The molecule has 4 aromatic rings. The van der Waals surface area contributed by atoms with Crippen molar-refractivity contribution in [3.8, 4) is 17.2 Å². The van der Waals surface area contributed by atoms with Crippen LogP contribution in [0.4, 0.5) is 11.7 Å². The topological polar surface area (TPSA) is 73.6 Å². The minimum atomic E-state index is -0.404. The lowest BCUT2D eigenvalue weighted by Crippen LogP contribution is -2.03. The lowest BCUT2D eigenvalue weighted by atomic mass is 10.3. The first kappa shape index (κ1) is 16.2. The number of anilines is 2. The number of aromatic nitrogens is 1. The maximum Gasteiger partial charge on any atom is 0.349 e. The number of ether oxygens (including phenoxy) is 2. The summed E-state index contributed by atoms with van der Waals surface area (Å²) in [5.41, 5.74) is 0.330. The van der Waals surface area contributed by atoms with Gasteiger partial charge in [0.05, 0.1) is 12.5 Å². The lowest BCUT2D eigenvalue weighted by molar-refractivity contribution is 0.413. The third-order valence-corrected chi connectivity index (χ3v) is 4.46. The number of nitrogens with zero attached hydrogens (tertiary/aromatic N) is 1. The molecule has 130 valence electrons. The first-order valence-electron chi connectivity index (χ1n) is 7.78. The first-order chi connectivity index (χ1) is 12.7. The number of hydrogen-bond donors (Lipinski definition) is 1. The number of hydrogen-bond acceptors (Lipinski definition) is 7. The molecule has 0 aliphatic rings. The van der Waals surface area contributed by atoms with Gasteiger partial charge in [-0.25, -0.2) is 4.79 Å². The van der Waals surface area contributed by atoms with Crippen molar-refractivity contribution in [2.24, 2.45) is 0 Å². The fraction of sp³-hybridized carbons (Fsp3) is 0.0526. The molecule has 0 amide bonds. The van der Waals surface area contributed by atoms with Crippen LogP contribution in [0.5, 0.6) is 17.2 Å². The van der Waals surface area contributed by atoms with Crippen LogP contribution in [0.1, 0.15) is 0 Å². The molecule has 2 aromatic heterocycles. The van der Waals surface area contributed by atoms with E-state index in [1.54, 1.807) is 13.2 Å². The highest BCUT2D eigenvalue weighted by Gasteiger charge is 2.07. The Balaban J connectivity index is 1.48. The second kappa shape index (κ2) is 6.89. The third-order valence-electron chi connectivity index (χ3n) is 3.66. The van der Waals surface area contributed by atoms with E-state index in [0.29, 0.717) is 21.7 Å². The van der Waals surface area contributed by atoms with E-state index in [1.165, 1.54) is 11.3 Å². The van der Waals surface area contributed by atoms with Crippen LogP contribution in [-0.2, 0) is 0 Å². The standard InChI is InChI=1S/C19H14N2O4S/c1-23-13-6-8-15(9-7-13)24-14-4-2-12(3-5-14)20-19-21-17-16(10-11-26-17)18(22)25-19/h2-11H,1H3,(H,20,21). The van der Waals surface area contributed by atoms with E-state index in [1.807, 2.05) is 53.9 Å². The normalized spacial score (nSPS) is 10.7. The molecule has 26 heavy (non-hydrogen) atoms. The van der Waals surface area contributed by atoms with Crippen LogP contribution in [0.15, 0.2) is 69.2 Å². The second-order valence-corrected chi connectivity index (χ2v) is 6.27. The van der Waals surface area contributed by atoms with E-state index >= 15 is 0 Å². The Kier molecular flexibility index (Phi) is 4.28. The summed E-state index contributed by atoms with van der Waals surface area (Å²) in [6.07, 6.45) is 0. The summed E-state index contributed by atoms with van der Waals surface area (Å²) in [7, 11) is 1.62. The molecule has 0 fully saturated rings. The zero-order chi connectivity index (χ0) is 17.9. The van der Waals surface area contributed by atoms with Gasteiger partial charge in [-0.2, -0.15) is 4.98 Å². The van der Waals surface area contributed by atoms with Gasteiger partial charge in [0.15, 0.2) is 0 Å². The quantitative estimate of drug-likeness (QED) is 0.547. The fourth-order valence-corrected chi connectivity index (χ4v) is 3.11. The Morgan fingerprint density at radius 1 is 0.962 bits per heavy atom. The van der Waals surface area contributed by atoms with Gasteiger partial charge in [0, 0.05) is 5.69 Å². The molecule has 1 N–H and O–H groups in total. The highest BCUT2D eigenvalue weighted by Crippen LogP contribution is 2.26. The smallest absolute Gasteiger partial charge is 0.349 e. The Bertz CT molecular complexity index is 1090. The van der Waals surface area contributed by atoms with E-state index in [-0.39, 0.29) is 6.01 Å². The molecule has 2 heterocycles. The molecule has 0 spiro atoms. The molecule has 0 saturated carbocycles. The van der Waals surface area contributed by atoms with Crippen LogP contribution in [0, 0.1) is 0 Å². The van der Waals surface area contributed by atoms with E-state index in [9.17, 15) is 4.79 Å². The van der Waals surface area contributed by atoms with Gasteiger partial charge in [-0.05, 0) is 60.0 Å². The number of fused-ring (bicyclic) bond motifs is 1. The summed E-state index contributed by atoms with van der Waals surface area (Å²) >= 11 is 1.39. The molecule has 4 rings (SSSR count). The highest BCUT2D eigenvalue weighted by molar-refractivity contribution is 7.16. The number of nitrogens with one attached hydrogen (secondary N) is 1. The van der Waals surface area contributed by atoms with Gasteiger partial charge in [0.1, 0.15) is 22.1 Å². The molecule has 7 heteroatoms. The Morgan fingerprint density at radius 2 is 1.62 bits per heavy atom. The third kappa shape index (κ3) is 3.38. The van der Waals surface area contributed by atoms with E-state index in [0.717, 1.165) is 11.4 Å². The lowest BCUT2D eigenvalue weighted by Gasteiger charge is -2.08. The van der Waals surface area contributed by atoms with Crippen molar-refractivity contribution in [1.29, 1.82) is 0 Å². The van der Waals surface area contributed by atoms with Crippen molar-refractivity contribution in [3.05, 3.63) is 70.4 Å². The van der Waals surface area contributed by atoms with E-state index < -0.39 is 5.63 Å². The Hall–Kier alpha value is -3.32. The molecule has 0 aliphatic carbocycles. The van der Waals surface area contributed by atoms with E-state index in [4.69, 9.17) is 13.9 Å². The van der Waals surface area contributed by atoms with Gasteiger partial charge in [0.2, 0.25) is 0 Å². The average molecular weight is 366 g/mol. The predicted octanol–water partition coefficient (Wildman–Crippen LogP) is 4.79. The number of thiophene rings is 1. The Labute approximate surface area is 152 Å². The highest BCUT2D eigenvalue weighted by atomic mass is 32.1. The summed E-state index contributed by atoms with van der Waals surface area (Å²) in [6, 6.07) is 16.5. The minimum Gasteiger partial charge on any atom is -0.497 e. The molecule has 0 bridgehead atoms. The van der Waals surface area contributed by atoms with Gasteiger partial charge in [-0.1, -0.05) is 0 Å². The molecule has 0 saturated heterocycles. The number of benzene rings is 2. The number of rotatable bonds is 5. The minimum absolute atomic E-state index is 0.161. The Morgan fingerprint density at radius 3 is 2.31 bits per heavy atom. The predicted molar refractivity (Wildman–Crippen MR) is 101 cm³/mol. The van der Waals surface area contributed by atoms with Crippen molar-refractivity contribution in [1.82, 2.24) is 4.98 Å². The molecule has 0 unspecified atom stereocenters. The molecule has 0 aliphatic heterocycles. The molecule has 0 radical (unpaired) electrons. The molecule has 2 aromatic carbocycles. The largest absolute Gasteiger partial charge is 0.497 e. The van der Waals surface area contributed by atoms with Crippen molar-refractivity contribution >= 4 is 33.3 Å². The maximum absolute atomic E-state index is 11.9. The SMILES string of the molecule is COc1ccc(Oc2ccc(Nc3nc4sccc4c(=O)o3)cc2)cc1. The van der Waals surface area contributed by atoms with Crippen molar-refractivity contribution < 1.29 is 13.9 Å². The van der Waals surface area contributed by atoms with E-state index in [2.05, 4.69) is 10.3 Å². The van der Waals surface area contributed by atoms with Gasteiger partial charge in [-0.3, -0.25) is 0 Å². The van der Waals surface area contributed by atoms with Gasteiger partial charge >= 0.3 is 11.6 Å². The van der Waals surface area contributed by atoms with Crippen LogP contribution < -0.4 is 20.4 Å². The molecular formula is C19H14N2O4S. The van der Waals surface area contributed by atoms with Gasteiger partial charge in [-0.15, -0.1) is 11.3 Å². The maximum atomic E-state index is 11.9. The van der Waals surface area contributed by atoms with Crippen molar-refractivity contribution in [2.75, 3.05) is 12.4 Å². The van der Waals surface area contributed by atoms with Crippen molar-refractivity contribution in [3.63, 3.8) is 0 Å². The van der Waals surface area contributed by atoms with Crippen LogP contribution >= 0.6 is 11.3 Å². The number of methoxy groups -OCH3 is 1. The van der Waals surface area contributed by atoms with Crippen LogP contribution in [0.2, 0.25) is 0 Å². The molecule has 6 nitrogen and oxygen atoms in total. The molecular weight excluding hydrogens is 352 g/mol. The van der Waals surface area contributed by atoms with Crippen LogP contribution in [0.25, 0.3) is 10.2 Å².